The van der Waals surface area contributed by atoms with E-state index in [9.17, 15) is 0 Å². The first-order valence-electron chi connectivity index (χ1n) is 6.61. The van der Waals surface area contributed by atoms with E-state index in [0.717, 1.165) is 12.5 Å². The van der Waals surface area contributed by atoms with Gasteiger partial charge in [0.05, 0.1) is 0 Å². The second-order valence-corrected chi connectivity index (χ2v) is 6.30. The van der Waals surface area contributed by atoms with Crippen LogP contribution in [0.5, 0.6) is 0 Å². The fourth-order valence-corrected chi connectivity index (χ4v) is 3.70. The van der Waals surface area contributed by atoms with Crippen LogP contribution in [0.2, 0.25) is 0 Å². The van der Waals surface area contributed by atoms with E-state index in [1.165, 1.54) is 35.7 Å². The van der Waals surface area contributed by atoms with E-state index in [0.29, 0.717) is 5.41 Å². The molecule has 1 saturated carbocycles. The molecule has 1 nitrogen and oxygen atoms in total. The van der Waals surface area contributed by atoms with E-state index in [2.05, 4.69) is 59.5 Å². The molecule has 94 valence electrons. The number of rotatable bonds is 5. The first-order valence-corrected chi connectivity index (χ1v) is 7.40. The molecule has 0 amide bonds. The van der Waals surface area contributed by atoms with Gasteiger partial charge >= 0.3 is 0 Å². The third kappa shape index (κ3) is 2.74. The molecule has 1 N–H and O–H groups in total. The van der Waals surface area contributed by atoms with Crippen molar-refractivity contribution in [2.75, 3.05) is 13.6 Å². The van der Waals surface area contributed by atoms with Crippen molar-refractivity contribution < 1.29 is 0 Å². The molecule has 1 fully saturated rings. The van der Waals surface area contributed by atoms with Crippen LogP contribution in [0.3, 0.4) is 0 Å². The Hall–Kier alpha value is -0.340. The molecule has 0 aromatic heterocycles. The molecule has 1 aromatic rings. The minimum absolute atomic E-state index is 0.387. The lowest BCUT2D eigenvalue weighted by Gasteiger charge is -2.48. The first kappa shape index (κ1) is 13.1. The van der Waals surface area contributed by atoms with Crippen LogP contribution in [0.15, 0.2) is 28.7 Å². The molecule has 1 aliphatic carbocycles. The summed E-state index contributed by atoms with van der Waals surface area (Å²) in [5, 5.41) is 3.38. The van der Waals surface area contributed by atoms with Crippen LogP contribution in [0.4, 0.5) is 0 Å². The van der Waals surface area contributed by atoms with Gasteiger partial charge in [-0.2, -0.15) is 0 Å². The van der Waals surface area contributed by atoms with Crippen molar-refractivity contribution in [1.82, 2.24) is 5.32 Å². The Morgan fingerprint density at radius 3 is 2.76 bits per heavy atom. The van der Waals surface area contributed by atoms with Gasteiger partial charge in [0, 0.05) is 16.4 Å². The maximum Gasteiger partial charge on any atom is 0.0178 e. The van der Waals surface area contributed by atoms with Gasteiger partial charge in [-0.1, -0.05) is 47.8 Å². The van der Waals surface area contributed by atoms with Crippen molar-refractivity contribution in [3.05, 3.63) is 34.3 Å². The highest BCUT2D eigenvalue weighted by Gasteiger charge is 2.44. The predicted molar refractivity (Wildman–Crippen MR) is 77.4 cm³/mol. The van der Waals surface area contributed by atoms with Gasteiger partial charge in [-0.05, 0) is 43.5 Å². The number of halogens is 1. The lowest BCUT2D eigenvalue weighted by atomic mass is 9.57. The Morgan fingerprint density at radius 2 is 2.18 bits per heavy atom. The smallest absolute Gasteiger partial charge is 0.0178 e. The quantitative estimate of drug-likeness (QED) is 0.862. The molecule has 17 heavy (non-hydrogen) atoms. The number of benzene rings is 1. The lowest BCUT2D eigenvalue weighted by Crippen LogP contribution is -2.47. The Balaban J connectivity index is 2.14. The molecule has 2 rings (SSSR count). The van der Waals surface area contributed by atoms with E-state index < -0.39 is 0 Å². The molecule has 0 bridgehead atoms. The van der Waals surface area contributed by atoms with E-state index in [4.69, 9.17) is 0 Å². The summed E-state index contributed by atoms with van der Waals surface area (Å²) in [6, 6.07) is 8.84. The number of hydrogen-bond acceptors (Lipinski definition) is 1. The molecule has 1 aromatic carbocycles. The van der Waals surface area contributed by atoms with Crippen molar-refractivity contribution >= 4 is 15.9 Å². The Labute approximate surface area is 113 Å². The van der Waals surface area contributed by atoms with Gasteiger partial charge in [0.25, 0.3) is 0 Å². The van der Waals surface area contributed by atoms with Gasteiger partial charge in [0.15, 0.2) is 0 Å². The highest BCUT2D eigenvalue weighted by Crippen LogP contribution is 2.49. The molecule has 0 heterocycles. The third-order valence-electron chi connectivity index (χ3n) is 4.01. The zero-order valence-electron chi connectivity index (χ0n) is 10.8. The van der Waals surface area contributed by atoms with Crippen LogP contribution in [-0.4, -0.2) is 13.6 Å². The number of hydrogen-bond donors (Lipinski definition) is 1. The molecule has 0 spiro atoms. The number of nitrogens with one attached hydrogen (secondary N) is 1. The molecular weight excluding hydrogens is 274 g/mol. The van der Waals surface area contributed by atoms with Gasteiger partial charge in [0.2, 0.25) is 0 Å². The van der Waals surface area contributed by atoms with E-state index in [1.54, 1.807) is 0 Å². The minimum Gasteiger partial charge on any atom is -0.319 e. The number of likely N-dealkylation sites (N-methyl/N-ethyl adjacent to an activating group) is 1. The van der Waals surface area contributed by atoms with E-state index in [-0.39, 0.29) is 0 Å². The highest BCUT2D eigenvalue weighted by molar-refractivity contribution is 9.10. The monoisotopic (exact) mass is 295 g/mol. The predicted octanol–water partition coefficient (Wildman–Crippen LogP) is 4.12. The molecule has 0 aliphatic heterocycles. The zero-order chi connectivity index (χ0) is 12.3. The standard InChI is InChI=1S/C15H22BrN/c1-3-5-12-9-15(10-12,11-17-2)13-6-4-7-14(16)8-13/h4,6-8,12,17H,3,5,9-11H2,1-2H3. The summed E-state index contributed by atoms with van der Waals surface area (Å²) in [5.74, 6) is 0.937. The summed E-state index contributed by atoms with van der Waals surface area (Å²) >= 11 is 3.58. The zero-order valence-corrected chi connectivity index (χ0v) is 12.4. The highest BCUT2D eigenvalue weighted by atomic mass is 79.9. The average Bonchev–Trinajstić information content (AvgIpc) is 2.26. The van der Waals surface area contributed by atoms with Crippen molar-refractivity contribution in [3.63, 3.8) is 0 Å². The first-order chi connectivity index (χ1) is 8.20. The molecule has 0 saturated heterocycles. The third-order valence-corrected chi connectivity index (χ3v) is 4.50. The lowest BCUT2D eigenvalue weighted by molar-refractivity contribution is 0.131. The van der Waals surface area contributed by atoms with E-state index >= 15 is 0 Å². The fraction of sp³-hybridized carbons (Fsp3) is 0.600. The Morgan fingerprint density at radius 1 is 1.41 bits per heavy atom. The maximum atomic E-state index is 3.58. The van der Waals surface area contributed by atoms with Crippen LogP contribution in [0, 0.1) is 5.92 Å². The van der Waals surface area contributed by atoms with Crippen LogP contribution in [-0.2, 0) is 5.41 Å². The second kappa shape index (κ2) is 5.53. The molecule has 0 atom stereocenters. The van der Waals surface area contributed by atoms with Crippen molar-refractivity contribution in [1.29, 1.82) is 0 Å². The summed E-state index contributed by atoms with van der Waals surface area (Å²) in [6.45, 7) is 3.39. The Bertz CT molecular complexity index is 369. The maximum absolute atomic E-state index is 3.58. The molecule has 0 radical (unpaired) electrons. The van der Waals surface area contributed by atoms with Crippen molar-refractivity contribution in [2.45, 2.75) is 38.0 Å². The largest absolute Gasteiger partial charge is 0.319 e. The Kier molecular flexibility index (Phi) is 4.26. The fourth-order valence-electron chi connectivity index (χ4n) is 3.30. The molecule has 0 unspecified atom stereocenters. The molecule has 2 heteroatoms. The van der Waals surface area contributed by atoms with Crippen molar-refractivity contribution in [2.24, 2.45) is 5.92 Å². The van der Waals surface area contributed by atoms with Gasteiger partial charge in [0.1, 0.15) is 0 Å². The van der Waals surface area contributed by atoms with Crippen molar-refractivity contribution in [3.8, 4) is 0 Å². The van der Waals surface area contributed by atoms with Crippen LogP contribution in [0.1, 0.15) is 38.2 Å². The summed E-state index contributed by atoms with van der Waals surface area (Å²) < 4.78 is 1.20. The van der Waals surface area contributed by atoms with Crippen LogP contribution >= 0.6 is 15.9 Å². The topological polar surface area (TPSA) is 12.0 Å². The minimum atomic E-state index is 0.387. The summed E-state index contributed by atoms with van der Waals surface area (Å²) in [5.41, 5.74) is 1.88. The SMILES string of the molecule is CCCC1CC(CNC)(c2cccc(Br)c2)C1. The molecule has 1 aliphatic rings. The summed E-state index contributed by atoms with van der Waals surface area (Å²) in [4.78, 5) is 0. The summed E-state index contributed by atoms with van der Waals surface area (Å²) in [7, 11) is 2.06. The van der Waals surface area contributed by atoms with Gasteiger partial charge in [-0.25, -0.2) is 0 Å². The van der Waals surface area contributed by atoms with Gasteiger partial charge < -0.3 is 5.32 Å². The normalized spacial score (nSPS) is 27.8. The van der Waals surface area contributed by atoms with E-state index in [1.807, 2.05) is 0 Å². The van der Waals surface area contributed by atoms with Gasteiger partial charge in [-0.3, -0.25) is 0 Å². The van der Waals surface area contributed by atoms with Crippen LogP contribution < -0.4 is 5.32 Å². The average molecular weight is 296 g/mol. The van der Waals surface area contributed by atoms with Gasteiger partial charge in [-0.15, -0.1) is 0 Å². The second-order valence-electron chi connectivity index (χ2n) is 5.38. The molecular formula is C15H22BrN. The summed E-state index contributed by atoms with van der Waals surface area (Å²) in [6.07, 6.45) is 5.40. The van der Waals surface area contributed by atoms with Crippen LogP contribution in [0.25, 0.3) is 0 Å².